The summed E-state index contributed by atoms with van der Waals surface area (Å²) in [6.07, 6.45) is 6.72. The van der Waals surface area contributed by atoms with E-state index in [2.05, 4.69) is 29.8 Å². The molecule has 4 heterocycles. The van der Waals surface area contributed by atoms with Crippen molar-refractivity contribution in [1.82, 2.24) is 20.9 Å². The van der Waals surface area contributed by atoms with Crippen LogP contribution in [0.3, 0.4) is 0 Å². The number of unbranched alkanes of at least 4 members (excludes halogenated alkanes) is 12. The van der Waals surface area contributed by atoms with Crippen LogP contribution in [0.2, 0.25) is 0 Å². The molecule has 4 aliphatic heterocycles. The molecule has 4 saturated heterocycles. The van der Waals surface area contributed by atoms with Crippen molar-refractivity contribution in [2.24, 2.45) is 23.2 Å². The number of nitrogens with zero attached hydrogens (tertiary/aromatic N) is 1. The Morgan fingerprint density at radius 3 is 1.24 bits per heavy atom. The van der Waals surface area contributed by atoms with Crippen molar-refractivity contribution < 1.29 is 142 Å². The zero-order chi connectivity index (χ0) is 89.7. The lowest BCUT2D eigenvalue weighted by Crippen LogP contribution is -2.55. The number of Topliss-reactive ketones (excluding diaryl/α,β-unsaturated/α-hetero) is 3. The molecule has 17 atom stereocenters. The number of hydrogen-bond donors (Lipinski definition) is 13. The molecule has 15 unspecified atom stereocenters. The highest BCUT2D eigenvalue weighted by Crippen LogP contribution is 2.43. The van der Waals surface area contributed by atoms with Crippen LogP contribution >= 0.6 is 21.6 Å². The van der Waals surface area contributed by atoms with Crippen LogP contribution in [-0.4, -0.2) is 305 Å². The van der Waals surface area contributed by atoms with Gasteiger partial charge in [0, 0.05) is 132 Å². The van der Waals surface area contributed by atoms with Crippen LogP contribution in [0.5, 0.6) is 0 Å². The van der Waals surface area contributed by atoms with Gasteiger partial charge in [-0.15, -0.1) is 0 Å². The molecule has 122 heavy (non-hydrogen) atoms. The minimum atomic E-state index is -1.23. The number of aliphatic hydroxyl groups excluding tert-OH is 10. The molecular formula is C87H154N4O29S2. The Labute approximate surface area is 731 Å². The number of carbonyl (C=O) groups is 9. The first-order valence-corrected chi connectivity index (χ1v) is 47.6. The average Bonchev–Trinajstić information content (AvgIpc) is 1.18. The predicted molar refractivity (Wildman–Crippen MR) is 456 cm³/mol. The molecular weight excluding hydrogens is 1630 g/mol. The van der Waals surface area contributed by atoms with Crippen LogP contribution in [0.15, 0.2) is 0 Å². The third kappa shape index (κ3) is 44.6. The molecule has 0 aliphatic carbocycles. The molecule has 33 nitrogen and oxygen atoms in total. The fourth-order valence-electron chi connectivity index (χ4n) is 15.6. The summed E-state index contributed by atoms with van der Waals surface area (Å²) in [4.78, 5) is 119. The fourth-order valence-corrected chi connectivity index (χ4v) is 18.2. The number of amides is 4. The molecule has 4 aliphatic rings. The Bertz CT molecular complexity index is 2830. The summed E-state index contributed by atoms with van der Waals surface area (Å²) in [5.41, 5.74) is -0.666. The van der Waals surface area contributed by atoms with E-state index >= 15 is 0 Å². The molecule has 0 aromatic heterocycles. The lowest BCUT2D eigenvalue weighted by atomic mass is 9.71. The largest absolute Gasteiger partial charge is 0.466 e. The van der Waals surface area contributed by atoms with Gasteiger partial charge in [0.1, 0.15) is 54.0 Å². The van der Waals surface area contributed by atoms with Gasteiger partial charge in [-0.2, -0.15) is 0 Å². The van der Waals surface area contributed by atoms with E-state index in [0.717, 1.165) is 64.2 Å². The van der Waals surface area contributed by atoms with Crippen LogP contribution in [0, 0.1) is 23.2 Å². The zero-order valence-electron chi connectivity index (χ0n) is 73.8. The third-order valence-electron chi connectivity index (χ3n) is 23.5. The summed E-state index contributed by atoms with van der Waals surface area (Å²) in [6.45, 7) is 10.3. The van der Waals surface area contributed by atoms with Gasteiger partial charge in [0.25, 0.3) is 0 Å². The fraction of sp³-hybridized carbons (Fsp3) is 0.897. The van der Waals surface area contributed by atoms with Crippen LogP contribution < -0.4 is 16.0 Å². The number of alkyl carbamates (subject to hydrolysis) is 1. The van der Waals surface area contributed by atoms with Crippen LogP contribution in [0.1, 0.15) is 279 Å². The topological polar surface area (TPSA) is 488 Å². The number of esters is 2. The van der Waals surface area contributed by atoms with Crippen LogP contribution in [0.25, 0.3) is 0 Å². The number of aliphatic hydroxyl groups is 10. The Balaban J connectivity index is 1.28. The Hall–Kier alpha value is -4.35. The zero-order valence-corrected chi connectivity index (χ0v) is 75.4. The van der Waals surface area contributed by atoms with Gasteiger partial charge in [0.05, 0.1) is 96.5 Å². The number of carbonyl (C=O) groups excluding carboxylic acids is 9. The average molecular weight is 1780 g/mol. The maximum atomic E-state index is 14.4. The maximum Gasteiger partial charge on any atom is 0.407 e. The molecule has 0 spiro atoms. The van der Waals surface area contributed by atoms with E-state index < -0.39 is 123 Å². The molecule has 0 bridgehead atoms. The van der Waals surface area contributed by atoms with Gasteiger partial charge in [0.2, 0.25) is 17.7 Å². The molecule has 0 saturated carbocycles. The standard InChI is InChI=1S/C87H154N4O29S2/c1-60-76(104)79(107)68(57-93)118-82(60)114-46-23-31-64(96)29-15-11-14-22-45-90-85(110)117-51-28-41-87(54-66(98)38-52-121-122-86(4,5)42-37-65(97)30-18-19-34-73(101)91-55-67(111-6)53-63(91)56-92,39-26-49-112-74(102)35-16-9-7-12-20-43-88-71(99)32-24-47-115-83-61(2)77(105)80(108)69(58-94)119-83)40-27-50-113-75(103)36-17-10-8-13-21-44-89-72(100)33-25-48-116-84-62(3)78(106)81(109)70(59-95)120-84/h60-63,67-70,76-84,92-95,104-109H,7-59H2,1-6H3,(H,88,99)(H,89,100)(H,90,110)/t60?,61?,62?,63-,67+,68?,69?,70?,76?,77?,78?,79?,80?,81?,82?,83?,84?,87?/m1/s1. The summed E-state index contributed by atoms with van der Waals surface area (Å²) in [6, 6.07) is -0.262. The first-order chi connectivity index (χ1) is 58.5. The SMILES string of the molecule is CO[C@H]1C[C@H](CO)N(C(=O)CCCCC(=O)CCC(C)(C)SSCCC(=O)CC(CCCOC(=O)CCCCCCCNC(=O)CCCOC2OC(CO)C(O)C(O)C2C)(CCCOC(=O)CCCCCCCNC(=O)CCCOC2OC(CO)C(O)C(O)C2C)CCCOC(=O)NCCCCCCC(=O)CCCOC2OC(CO)C(O)C(O)C2C)C1. The second-order valence-corrected chi connectivity index (χ2v) is 37.3. The molecule has 4 amide bonds. The third-order valence-corrected chi connectivity index (χ3v) is 26.8. The lowest BCUT2D eigenvalue weighted by molar-refractivity contribution is -0.282. The monoisotopic (exact) mass is 1780 g/mol. The van der Waals surface area contributed by atoms with Crippen molar-refractivity contribution in [3.8, 4) is 0 Å². The van der Waals surface area contributed by atoms with E-state index in [1.807, 2.05) is 0 Å². The highest BCUT2D eigenvalue weighted by Gasteiger charge is 2.45. The molecule has 0 aromatic rings. The molecule has 0 radical (unpaired) electrons. The molecule has 13 N–H and O–H groups in total. The van der Waals surface area contributed by atoms with Crippen molar-refractivity contribution in [3.63, 3.8) is 0 Å². The summed E-state index contributed by atoms with van der Waals surface area (Å²) >= 11 is 0. The van der Waals surface area contributed by atoms with Gasteiger partial charge < -0.3 is 119 Å². The van der Waals surface area contributed by atoms with E-state index in [9.17, 15) is 94.2 Å². The summed E-state index contributed by atoms with van der Waals surface area (Å²) in [7, 11) is 4.79. The van der Waals surface area contributed by atoms with Gasteiger partial charge in [0.15, 0.2) is 18.9 Å². The second-order valence-electron chi connectivity index (χ2n) is 34.2. The number of ether oxygens (including phenoxy) is 10. The highest BCUT2D eigenvalue weighted by molar-refractivity contribution is 8.77. The van der Waals surface area contributed by atoms with Crippen LogP contribution in [0.4, 0.5) is 4.79 Å². The number of methoxy groups -OCH3 is 1. The summed E-state index contributed by atoms with van der Waals surface area (Å²) in [5, 5.41) is 108. The minimum absolute atomic E-state index is 0.0191. The van der Waals surface area contributed by atoms with Crippen molar-refractivity contribution in [3.05, 3.63) is 0 Å². The minimum Gasteiger partial charge on any atom is -0.466 e. The smallest absolute Gasteiger partial charge is 0.407 e. The Morgan fingerprint density at radius 1 is 0.410 bits per heavy atom. The second kappa shape index (κ2) is 63.6. The quantitative estimate of drug-likeness (QED) is 0.0124. The molecule has 4 fully saturated rings. The normalized spacial score (nSPS) is 25.4. The number of rotatable bonds is 70. The maximum absolute atomic E-state index is 14.4. The Kier molecular flexibility index (Phi) is 57.3. The highest BCUT2D eigenvalue weighted by atomic mass is 33.1. The van der Waals surface area contributed by atoms with Crippen LogP contribution in [-0.2, 0) is 85.7 Å². The van der Waals surface area contributed by atoms with E-state index in [1.165, 1.54) is 0 Å². The van der Waals surface area contributed by atoms with Crippen molar-refractivity contribution in [2.45, 2.75) is 369 Å². The number of nitrogens with one attached hydrogen (secondary N) is 3. The summed E-state index contributed by atoms with van der Waals surface area (Å²) in [5.74, 6) is -1.85. The number of ketones is 3. The van der Waals surface area contributed by atoms with Gasteiger partial charge in [-0.3, -0.25) is 38.4 Å². The molecule has 35 heteroatoms. The predicted octanol–water partition coefficient (Wildman–Crippen LogP) is 7.20. The van der Waals surface area contributed by atoms with Gasteiger partial charge in [-0.05, 0) is 141 Å². The van der Waals surface area contributed by atoms with E-state index in [4.69, 9.17) is 47.4 Å². The van der Waals surface area contributed by atoms with Gasteiger partial charge in [-0.25, -0.2) is 4.79 Å². The number of hydrogen-bond acceptors (Lipinski definition) is 31. The van der Waals surface area contributed by atoms with E-state index in [-0.39, 0.29) is 149 Å². The molecule has 0 aromatic carbocycles. The van der Waals surface area contributed by atoms with Gasteiger partial charge >= 0.3 is 18.0 Å². The number of likely N-dealkylation sites (tertiary alicyclic amines) is 1. The first-order valence-electron chi connectivity index (χ1n) is 45.3. The first kappa shape index (κ1) is 110. The van der Waals surface area contributed by atoms with Crippen molar-refractivity contribution in [1.29, 1.82) is 0 Å². The van der Waals surface area contributed by atoms with Crippen molar-refractivity contribution in [2.75, 3.05) is 105 Å². The van der Waals surface area contributed by atoms with E-state index in [0.29, 0.717) is 173 Å². The van der Waals surface area contributed by atoms with Gasteiger partial charge in [-0.1, -0.05) is 93.7 Å². The Morgan fingerprint density at radius 2 is 0.795 bits per heavy atom. The van der Waals surface area contributed by atoms with E-state index in [1.54, 1.807) is 54.4 Å². The molecule has 708 valence electrons. The lowest BCUT2D eigenvalue weighted by Gasteiger charge is -2.40. The summed E-state index contributed by atoms with van der Waals surface area (Å²) < 4.78 is 56.4. The van der Waals surface area contributed by atoms with Crippen molar-refractivity contribution >= 4 is 74.7 Å². The molecule has 4 rings (SSSR count).